The Balaban J connectivity index is 0.00000256. The molecule has 1 aromatic rings. The van der Waals surface area contributed by atoms with Crippen LogP contribution < -0.4 is 10.5 Å². The van der Waals surface area contributed by atoms with Crippen molar-refractivity contribution in [3.05, 3.63) is 29.3 Å². The monoisotopic (exact) mass is 278 g/mol. The summed E-state index contributed by atoms with van der Waals surface area (Å²) >= 11 is 0. The lowest BCUT2D eigenvalue weighted by Crippen LogP contribution is -2.38. The van der Waals surface area contributed by atoms with Crippen LogP contribution in [-0.2, 0) is 10.0 Å². The van der Waals surface area contributed by atoms with E-state index in [4.69, 9.17) is 5.73 Å². The average molecular weight is 279 g/mol. The van der Waals surface area contributed by atoms with Crippen LogP contribution in [-0.4, -0.2) is 21.0 Å². The lowest BCUT2D eigenvalue weighted by atomic mass is 10.2. The first kappa shape index (κ1) is 16.4. The number of rotatable bonds is 4. The molecule has 0 spiro atoms. The molecule has 6 heteroatoms. The zero-order valence-corrected chi connectivity index (χ0v) is 11.9. The van der Waals surface area contributed by atoms with Crippen LogP contribution >= 0.6 is 12.4 Å². The SMILES string of the molecule is Cc1ccc(S(=O)(=O)N[C@@H](C)CN)c(C)c1.Cl. The number of nitrogens with two attached hydrogens (primary N) is 1. The summed E-state index contributed by atoms with van der Waals surface area (Å²) in [6.45, 7) is 5.74. The van der Waals surface area contributed by atoms with Crippen LogP contribution in [0, 0.1) is 13.8 Å². The van der Waals surface area contributed by atoms with E-state index in [-0.39, 0.29) is 25.0 Å². The summed E-state index contributed by atoms with van der Waals surface area (Å²) in [5.74, 6) is 0. The molecule has 17 heavy (non-hydrogen) atoms. The Labute approximate surface area is 109 Å². The van der Waals surface area contributed by atoms with Crippen LogP contribution in [0.1, 0.15) is 18.1 Å². The van der Waals surface area contributed by atoms with Crippen molar-refractivity contribution in [3.8, 4) is 0 Å². The van der Waals surface area contributed by atoms with Crippen molar-refractivity contribution in [2.24, 2.45) is 5.73 Å². The molecule has 1 atom stereocenters. The summed E-state index contributed by atoms with van der Waals surface area (Å²) in [5.41, 5.74) is 7.18. The maximum absolute atomic E-state index is 12.0. The van der Waals surface area contributed by atoms with Crippen molar-refractivity contribution in [2.45, 2.75) is 31.7 Å². The van der Waals surface area contributed by atoms with E-state index < -0.39 is 10.0 Å². The lowest BCUT2D eigenvalue weighted by molar-refractivity contribution is 0.562. The fourth-order valence-electron chi connectivity index (χ4n) is 1.48. The summed E-state index contributed by atoms with van der Waals surface area (Å²) < 4.78 is 26.5. The molecular weight excluding hydrogens is 260 g/mol. The molecule has 1 rings (SSSR count). The van der Waals surface area contributed by atoms with E-state index in [9.17, 15) is 8.42 Å². The van der Waals surface area contributed by atoms with Crippen LogP contribution in [0.4, 0.5) is 0 Å². The van der Waals surface area contributed by atoms with Gasteiger partial charge < -0.3 is 5.73 Å². The number of hydrogen-bond donors (Lipinski definition) is 2. The third-order valence-electron chi connectivity index (χ3n) is 2.33. The van der Waals surface area contributed by atoms with Crippen molar-refractivity contribution in [2.75, 3.05) is 6.54 Å². The fourth-order valence-corrected chi connectivity index (χ4v) is 2.96. The first-order valence-corrected chi connectivity index (χ1v) is 6.65. The standard InChI is InChI=1S/C11H18N2O2S.ClH/c1-8-4-5-11(9(2)6-8)16(14,15)13-10(3)7-12;/h4-6,10,13H,7,12H2,1-3H3;1H/t10-;/m0./s1. The van der Waals surface area contributed by atoms with E-state index in [1.54, 1.807) is 26.0 Å². The van der Waals surface area contributed by atoms with Crippen LogP contribution in [0.2, 0.25) is 0 Å². The average Bonchev–Trinajstić information content (AvgIpc) is 2.16. The molecule has 0 saturated heterocycles. The molecule has 0 aromatic heterocycles. The topological polar surface area (TPSA) is 72.2 Å². The molecule has 0 saturated carbocycles. The van der Waals surface area contributed by atoms with E-state index in [1.165, 1.54) is 0 Å². The van der Waals surface area contributed by atoms with Crippen molar-refractivity contribution >= 4 is 22.4 Å². The molecule has 4 nitrogen and oxygen atoms in total. The normalized spacial score (nSPS) is 12.9. The maximum Gasteiger partial charge on any atom is 0.241 e. The van der Waals surface area contributed by atoms with Gasteiger partial charge in [-0.15, -0.1) is 12.4 Å². The molecule has 0 radical (unpaired) electrons. The molecule has 0 fully saturated rings. The zero-order valence-electron chi connectivity index (χ0n) is 10.2. The highest BCUT2D eigenvalue weighted by molar-refractivity contribution is 7.89. The Bertz CT molecular complexity index is 474. The third kappa shape index (κ3) is 4.27. The van der Waals surface area contributed by atoms with E-state index in [2.05, 4.69) is 4.72 Å². The molecule has 0 aliphatic rings. The van der Waals surface area contributed by atoms with Crippen LogP contribution in [0.5, 0.6) is 0 Å². The first-order chi connectivity index (χ1) is 7.36. The largest absolute Gasteiger partial charge is 0.329 e. The van der Waals surface area contributed by atoms with Crippen LogP contribution in [0.3, 0.4) is 0 Å². The Morgan fingerprint density at radius 3 is 2.41 bits per heavy atom. The van der Waals surface area contributed by atoms with Gasteiger partial charge in [-0.3, -0.25) is 0 Å². The predicted molar refractivity (Wildman–Crippen MR) is 72.0 cm³/mol. The minimum absolute atomic E-state index is 0. The number of halogens is 1. The van der Waals surface area contributed by atoms with Gasteiger partial charge in [-0.05, 0) is 32.4 Å². The fraction of sp³-hybridized carbons (Fsp3) is 0.455. The smallest absolute Gasteiger partial charge is 0.241 e. The molecule has 1 aromatic carbocycles. The van der Waals surface area contributed by atoms with Gasteiger partial charge in [-0.1, -0.05) is 17.7 Å². The van der Waals surface area contributed by atoms with Gasteiger partial charge in [-0.2, -0.15) is 0 Å². The van der Waals surface area contributed by atoms with Gasteiger partial charge in [0.2, 0.25) is 10.0 Å². The number of sulfonamides is 1. The summed E-state index contributed by atoms with van der Waals surface area (Å²) in [7, 11) is -3.45. The zero-order chi connectivity index (χ0) is 12.3. The first-order valence-electron chi connectivity index (χ1n) is 5.16. The molecule has 0 bridgehead atoms. The third-order valence-corrected chi connectivity index (χ3v) is 4.08. The highest BCUT2D eigenvalue weighted by Crippen LogP contribution is 2.16. The second-order valence-corrected chi connectivity index (χ2v) is 5.71. The van der Waals surface area contributed by atoms with Gasteiger partial charge in [0.05, 0.1) is 4.90 Å². The molecule has 0 heterocycles. The van der Waals surface area contributed by atoms with Crippen LogP contribution in [0.25, 0.3) is 0 Å². The predicted octanol–water partition coefficient (Wildman–Crippen LogP) is 1.35. The van der Waals surface area contributed by atoms with Gasteiger partial charge in [0.1, 0.15) is 0 Å². The van der Waals surface area contributed by atoms with Crippen molar-refractivity contribution in [3.63, 3.8) is 0 Å². The van der Waals surface area contributed by atoms with Crippen molar-refractivity contribution in [1.29, 1.82) is 0 Å². The van der Waals surface area contributed by atoms with Gasteiger partial charge in [0, 0.05) is 12.6 Å². The minimum Gasteiger partial charge on any atom is -0.329 e. The number of hydrogen-bond acceptors (Lipinski definition) is 3. The highest BCUT2D eigenvalue weighted by atomic mass is 35.5. The van der Waals surface area contributed by atoms with Gasteiger partial charge in [0.25, 0.3) is 0 Å². The van der Waals surface area contributed by atoms with Gasteiger partial charge in [-0.25, -0.2) is 13.1 Å². The Morgan fingerprint density at radius 2 is 1.94 bits per heavy atom. The summed E-state index contributed by atoms with van der Waals surface area (Å²) in [6.07, 6.45) is 0. The Kier molecular flexibility index (Phi) is 6.12. The molecule has 0 amide bonds. The highest BCUT2D eigenvalue weighted by Gasteiger charge is 2.18. The van der Waals surface area contributed by atoms with Gasteiger partial charge >= 0.3 is 0 Å². The Morgan fingerprint density at radius 1 is 1.35 bits per heavy atom. The van der Waals surface area contributed by atoms with Crippen molar-refractivity contribution in [1.82, 2.24) is 4.72 Å². The molecule has 0 aliphatic heterocycles. The number of nitrogens with one attached hydrogen (secondary N) is 1. The Hall–Kier alpha value is -0.620. The molecule has 98 valence electrons. The van der Waals surface area contributed by atoms with E-state index in [0.29, 0.717) is 4.90 Å². The molecular formula is C11H19ClN2O2S. The summed E-state index contributed by atoms with van der Waals surface area (Å²) in [4.78, 5) is 0.318. The maximum atomic E-state index is 12.0. The quantitative estimate of drug-likeness (QED) is 0.873. The number of benzene rings is 1. The molecule has 0 aliphatic carbocycles. The molecule has 3 N–H and O–H groups in total. The second kappa shape index (κ2) is 6.35. The lowest BCUT2D eigenvalue weighted by Gasteiger charge is -2.13. The van der Waals surface area contributed by atoms with E-state index in [1.807, 2.05) is 13.0 Å². The van der Waals surface area contributed by atoms with Gasteiger partial charge in [0.15, 0.2) is 0 Å². The second-order valence-electron chi connectivity index (χ2n) is 4.03. The van der Waals surface area contributed by atoms with E-state index in [0.717, 1.165) is 11.1 Å². The van der Waals surface area contributed by atoms with E-state index >= 15 is 0 Å². The molecule has 0 unspecified atom stereocenters. The number of aryl methyl sites for hydroxylation is 2. The minimum atomic E-state index is -3.45. The van der Waals surface area contributed by atoms with Crippen LogP contribution in [0.15, 0.2) is 23.1 Å². The summed E-state index contributed by atoms with van der Waals surface area (Å²) in [5, 5.41) is 0. The summed E-state index contributed by atoms with van der Waals surface area (Å²) in [6, 6.07) is 5.00. The van der Waals surface area contributed by atoms with Crippen molar-refractivity contribution < 1.29 is 8.42 Å².